The second-order valence-corrected chi connectivity index (χ2v) is 7.12. The summed E-state index contributed by atoms with van der Waals surface area (Å²) in [7, 11) is 1.50. The van der Waals surface area contributed by atoms with Crippen molar-refractivity contribution in [3.8, 4) is 6.01 Å². The summed E-state index contributed by atoms with van der Waals surface area (Å²) >= 11 is 12.1. The molecule has 2 N–H and O–H groups in total. The highest BCUT2D eigenvalue weighted by molar-refractivity contribution is 6.35. The molecule has 0 spiro atoms. The van der Waals surface area contributed by atoms with Crippen LogP contribution < -0.4 is 15.0 Å². The van der Waals surface area contributed by atoms with Gasteiger partial charge in [0, 0.05) is 35.7 Å². The molecule has 1 fully saturated rings. The number of hydrogen-bond acceptors (Lipinski definition) is 6. The van der Waals surface area contributed by atoms with Gasteiger partial charge < -0.3 is 20.1 Å². The first-order valence-corrected chi connectivity index (χ1v) is 9.30. The van der Waals surface area contributed by atoms with Crippen molar-refractivity contribution >= 4 is 40.8 Å². The number of aromatic nitrogens is 2. The summed E-state index contributed by atoms with van der Waals surface area (Å²) in [6.45, 7) is 1.67. The average molecular weight is 411 g/mol. The van der Waals surface area contributed by atoms with Gasteiger partial charge in [-0.1, -0.05) is 29.3 Å². The Morgan fingerprint density at radius 1 is 1.37 bits per heavy atom. The Hall–Kier alpha value is -2.25. The molecule has 9 heteroatoms. The molecule has 2 aromatic rings. The quantitative estimate of drug-likeness (QED) is 0.723. The van der Waals surface area contributed by atoms with Gasteiger partial charge >= 0.3 is 12.0 Å². The van der Waals surface area contributed by atoms with Crippen LogP contribution in [-0.2, 0) is 11.2 Å². The van der Waals surface area contributed by atoms with E-state index in [9.17, 15) is 9.90 Å². The fraction of sp³-hybridized carbons (Fsp3) is 0.389. The second-order valence-electron chi connectivity index (χ2n) is 6.28. The lowest BCUT2D eigenvalue weighted by Gasteiger charge is -2.18. The first kappa shape index (κ1) is 19.5. The van der Waals surface area contributed by atoms with E-state index in [1.165, 1.54) is 7.11 Å². The number of nitrogens with zero attached hydrogens (tertiary/aromatic N) is 3. The summed E-state index contributed by atoms with van der Waals surface area (Å²) in [4.78, 5) is 21.8. The largest absolute Gasteiger partial charge is 0.481 e. The summed E-state index contributed by atoms with van der Waals surface area (Å²) < 4.78 is 5.19. The minimum absolute atomic E-state index is 0.235. The van der Waals surface area contributed by atoms with Crippen LogP contribution in [0.5, 0.6) is 6.01 Å². The fourth-order valence-corrected chi connectivity index (χ4v) is 3.48. The van der Waals surface area contributed by atoms with E-state index < -0.39 is 5.97 Å². The third-order valence-corrected chi connectivity index (χ3v) is 5.04. The molecular formula is C18H20Cl2N4O3. The maximum absolute atomic E-state index is 11.2. The highest BCUT2D eigenvalue weighted by Gasteiger charge is 2.29. The molecule has 0 amide bonds. The number of carbonyl (C=O) groups is 1. The molecule has 0 aliphatic carbocycles. The van der Waals surface area contributed by atoms with E-state index in [0.29, 0.717) is 54.2 Å². The molecule has 1 saturated heterocycles. The zero-order chi connectivity index (χ0) is 19.4. The van der Waals surface area contributed by atoms with Crippen molar-refractivity contribution in [2.45, 2.75) is 12.8 Å². The summed E-state index contributed by atoms with van der Waals surface area (Å²) in [5.74, 6) is 0.101. The molecule has 0 radical (unpaired) electrons. The van der Waals surface area contributed by atoms with Crippen LogP contribution in [0.4, 0.5) is 11.6 Å². The average Bonchev–Trinajstić information content (AvgIpc) is 3.14. The molecule has 1 aliphatic heterocycles. The van der Waals surface area contributed by atoms with Crippen LogP contribution in [0.15, 0.2) is 24.3 Å². The third kappa shape index (κ3) is 4.93. The van der Waals surface area contributed by atoms with Crippen LogP contribution in [-0.4, -0.2) is 47.8 Å². The molecule has 0 saturated carbocycles. The van der Waals surface area contributed by atoms with E-state index in [4.69, 9.17) is 27.9 Å². The van der Waals surface area contributed by atoms with Gasteiger partial charge in [-0.2, -0.15) is 9.97 Å². The van der Waals surface area contributed by atoms with E-state index in [1.807, 2.05) is 11.0 Å². The highest BCUT2D eigenvalue weighted by atomic mass is 35.5. The first-order valence-electron chi connectivity index (χ1n) is 8.55. The minimum Gasteiger partial charge on any atom is -0.481 e. The SMILES string of the molecule is COc1nc(NCCc2ccc(Cl)cc2Cl)cc(N2CCC(C(=O)O)C2)n1. The Bertz CT molecular complexity index is 834. The number of methoxy groups -OCH3 is 1. The molecule has 27 heavy (non-hydrogen) atoms. The highest BCUT2D eigenvalue weighted by Crippen LogP contribution is 2.26. The predicted molar refractivity (Wildman–Crippen MR) is 105 cm³/mol. The number of carboxylic acids is 1. The van der Waals surface area contributed by atoms with Crippen molar-refractivity contribution in [1.82, 2.24) is 9.97 Å². The molecule has 1 aromatic heterocycles. The summed E-state index contributed by atoms with van der Waals surface area (Å²) in [6, 6.07) is 7.46. The van der Waals surface area contributed by atoms with Crippen molar-refractivity contribution in [1.29, 1.82) is 0 Å². The van der Waals surface area contributed by atoms with Crippen molar-refractivity contribution in [3.63, 3.8) is 0 Å². The lowest BCUT2D eigenvalue weighted by atomic mass is 10.1. The minimum atomic E-state index is -0.781. The lowest BCUT2D eigenvalue weighted by molar-refractivity contribution is -0.140. The number of anilines is 2. The lowest BCUT2D eigenvalue weighted by Crippen LogP contribution is -2.24. The molecule has 1 aromatic carbocycles. The number of benzene rings is 1. The van der Waals surface area contributed by atoms with Crippen molar-refractivity contribution in [2.24, 2.45) is 5.92 Å². The van der Waals surface area contributed by atoms with Gasteiger partial charge in [-0.05, 0) is 30.5 Å². The fourth-order valence-electron chi connectivity index (χ4n) is 2.98. The molecule has 1 unspecified atom stereocenters. The predicted octanol–water partition coefficient (Wildman–Crippen LogP) is 3.36. The van der Waals surface area contributed by atoms with Crippen molar-refractivity contribution < 1.29 is 14.6 Å². The second kappa shape index (κ2) is 8.63. The molecule has 2 heterocycles. The Morgan fingerprint density at radius 2 is 2.19 bits per heavy atom. The molecule has 7 nitrogen and oxygen atoms in total. The van der Waals surface area contributed by atoms with Gasteiger partial charge in [-0.3, -0.25) is 4.79 Å². The Balaban J connectivity index is 1.67. The number of rotatable bonds is 7. The third-order valence-electron chi connectivity index (χ3n) is 4.45. The molecular weight excluding hydrogens is 391 g/mol. The van der Waals surface area contributed by atoms with E-state index in [2.05, 4.69) is 15.3 Å². The van der Waals surface area contributed by atoms with Gasteiger partial charge in [0.15, 0.2) is 0 Å². The van der Waals surface area contributed by atoms with Crippen LogP contribution >= 0.6 is 23.2 Å². The smallest absolute Gasteiger partial charge is 0.320 e. The molecule has 3 rings (SSSR count). The van der Waals surface area contributed by atoms with E-state index in [0.717, 1.165) is 5.56 Å². The van der Waals surface area contributed by atoms with Crippen LogP contribution in [0.1, 0.15) is 12.0 Å². The van der Waals surface area contributed by atoms with Gasteiger partial charge in [0.2, 0.25) is 0 Å². The van der Waals surface area contributed by atoms with Crippen LogP contribution in [0.3, 0.4) is 0 Å². The van der Waals surface area contributed by atoms with Gasteiger partial charge in [-0.15, -0.1) is 0 Å². The number of halogens is 2. The zero-order valence-corrected chi connectivity index (χ0v) is 16.3. The zero-order valence-electron chi connectivity index (χ0n) is 14.8. The van der Waals surface area contributed by atoms with Crippen LogP contribution in [0, 0.1) is 5.92 Å². The summed E-state index contributed by atoms with van der Waals surface area (Å²) in [5.41, 5.74) is 0.985. The molecule has 144 valence electrons. The molecule has 1 aliphatic rings. The maximum atomic E-state index is 11.2. The number of aliphatic carboxylic acids is 1. The molecule has 1 atom stereocenters. The van der Waals surface area contributed by atoms with Crippen molar-refractivity contribution in [2.75, 3.05) is 37.0 Å². The number of hydrogen-bond donors (Lipinski definition) is 2. The van der Waals surface area contributed by atoms with Crippen molar-refractivity contribution in [3.05, 3.63) is 39.9 Å². The summed E-state index contributed by atoms with van der Waals surface area (Å²) in [6.07, 6.45) is 1.29. The maximum Gasteiger partial charge on any atom is 0.320 e. The normalized spacial score (nSPS) is 16.4. The van der Waals surface area contributed by atoms with Gasteiger partial charge in [0.1, 0.15) is 11.6 Å². The number of carboxylic acid groups (broad SMARTS) is 1. The first-order chi connectivity index (χ1) is 13.0. The van der Waals surface area contributed by atoms with Crippen LogP contribution in [0.2, 0.25) is 10.0 Å². The standard InChI is InChI=1S/C18H20Cl2N4O3/c1-27-18-22-15(21-6-4-11-2-3-13(19)8-14(11)20)9-16(23-18)24-7-5-12(10-24)17(25)26/h2-3,8-9,12H,4-7,10H2,1H3,(H,25,26)(H,21,22,23). The van der Waals surface area contributed by atoms with E-state index >= 15 is 0 Å². The van der Waals surface area contributed by atoms with E-state index in [-0.39, 0.29) is 11.9 Å². The summed E-state index contributed by atoms with van der Waals surface area (Å²) in [5, 5.41) is 13.7. The van der Waals surface area contributed by atoms with Gasteiger partial charge in [-0.25, -0.2) is 0 Å². The van der Waals surface area contributed by atoms with Gasteiger partial charge in [0.05, 0.1) is 13.0 Å². The monoisotopic (exact) mass is 410 g/mol. The number of nitrogens with one attached hydrogen (secondary N) is 1. The number of ether oxygens (including phenoxy) is 1. The Morgan fingerprint density at radius 3 is 2.85 bits per heavy atom. The Labute approximate surface area is 167 Å². The van der Waals surface area contributed by atoms with Crippen LogP contribution in [0.25, 0.3) is 0 Å². The Kier molecular flexibility index (Phi) is 6.23. The topological polar surface area (TPSA) is 87.6 Å². The molecule has 0 bridgehead atoms. The van der Waals surface area contributed by atoms with E-state index in [1.54, 1.807) is 18.2 Å². The van der Waals surface area contributed by atoms with Gasteiger partial charge in [0.25, 0.3) is 0 Å².